The van der Waals surface area contributed by atoms with Crippen LogP contribution in [0.1, 0.15) is 0 Å². The molecule has 0 atom stereocenters. The number of nitro groups is 2. The minimum absolute atomic E-state index is 0.238. The van der Waals surface area contributed by atoms with Crippen molar-refractivity contribution in [1.29, 1.82) is 0 Å². The highest BCUT2D eigenvalue weighted by atomic mass is 16.6. The van der Waals surface area contributed by atoms with Crippen LogP contribution in [0.4, 0.5) is 11.4 Å². The molecule has 39 heavy (non-hydrogen) atoms. The Balaban J connectivity index is 1.25. The Morgan fingerprint density at radius 2 is 1.36 bits per heavy atom. The van der Waals surface area contributed by atoms with E-state index in [1.807, 2.05) is 89.8 Å². The maximum absolute atomic E-state index is 11.5. The Hall–Kier alpha value is -5.77. The Labute approximate surface area is 221 Å². The van der Waals surface area contributed by atoms with E-state index < -0.39 is 9.85 Å². The van der Waals surface area contributed by atoms with Gasteiger partial charge in [-0.05, 0) is 29.3 Å². The van der Waals surface area contributed by atoms with Crippen LogP contribution >= 0.6 is 0 Å². The summed E-state index contributed by atoms with van der Waals surface area (Å²) in [5, 5.41) is 22.5. The quantitative estimate of drug-likeness (QED) is 0.163. The molecule has 0 unspecified atom stereocenters. The van der Waals surface area contributed by atoms with Gasteiger partial charge in [0.2, 0.25) is 11.6 Å². The summed E-state index contributed by atoms with van der Waals surface area (Å²) in [6.45, 7) is 0. The maximum atomic E-state index is 11.5. The summed E-state index contributed by atoms with van der Waals surface area (Å²) >= 11 is 0. The fourth-order valence-corrected chi connectivity index (χ4v) is 4.36. The first kappa shape index (κ1) is 23.6. The van der Waals surface area contributed by atoms with Crippen LogP contribution in [0.2, 0.25) is 0 Å². The predicted molar refractivity (Wildman–Crippen MR) is 141 cm³/mol. The van der Waals surface area contributed by atoms with Crippen molar-refractivity contribution in [3.63, 3.8) is 0 Å². The van der Waals surface area contributed by atoms with Crippen LogP contribution in [0, 0.1) is 20.2 Å². The van der Waals surface area contributed by atoms with E-state index >= 15 is 0 Å². The maximum Gasteiger partial charge on any atom is 0.347 e. The van der Waals surface area contributed by atoms with Crippen molar-refractivity contribution in [2.75, 3.05) is 0 Å². The van der Waals surface area contributed by atoms with Crippen LogP contribution in [-0.2, 0) is 0 Å². The number of oxazole rings is 1. The Morgan fingerprint density at radius 3 is 2.03 bits per heavy atom. The molecule has 0 aliphatic carbocycles. The normalized spacial score (nSPS) is 11.0. The molecule has 0 saturated carbocycles. The fraction of sp³-hybridized carbons (Fsp3) is 0. The van der Waals surface area contributed by atoms with Crippen molar-refractivity contribution in [3.05, 3.63) is 136 Å². The van der Waals surface area contributed by atoms with E-state index in [-0.39, 0.29) is 17.1 Å². The van der Waals surface area contributed by atoms with Crippen molar-refractivity contribution in [2.45, 2.75) is 0 Å². The molecular formula is C29H19N5O5+2. The number of benzene rings is 3. The standard InChI is InChI=1S/C29H19N5O5/c35-33(36)24-8-9-26(27(19-24)34(37)38)32-16-12-21(13-17-32)20-10-14-31(15-11-20)23-5-3-4-22(18-23)29-30-25-6-1-2-7-28(25)39-29/h1-19H/q+2. The molecule has 3 aromatic heterocycles. The second-order valence-corrected chi connectivity index (χ2v) is 8.71. The van der Waals surface area contributed by atoms with Crippen LogP contribution in [0.5, 0.6) is 0 Å². The molecule has 10 heteroatoms. The number of nitrogens with zero attached hydrogens (tertiary/aromatic N) is 5. The second kappa shape index (κ2) is 9.60. The molecule has 6 rings (SSSR count). The average Bonchev–Trinajstić information content (AvgIpc) is 3.42. The van der Waals surface area contributed by atoms with Gasteiger partial charge in [0.15, 0.2) is 30.4 Å². The van der Waals surface area contributed by atoms with Gasteiger partial charge in [0, 0.05) is 54.1 Å². The number of pyridine rings is 2. The zero-order valence-corrected chi connectivity index (χ0v) is 20.2. The van der Waals surface area contributed by atoms with Gasteiger partial charge in [-0.15, -0.1) is 0 Å². The number of fused-ring (bicyclic) bond motifs is 1. The van der Waals surface area contributed by atoms with Crippen molar-refractivity contribution in [1.82, 2.24) is 4.98 Å². The van der Waals surface area contributed by atoms with Gasteiger partial charge in [0.1, 0.15) is 11.6 Å². The third-order valence-corrected chi connectivity index (χ3v) is 6.32. The summed E-state index contributed by atoms with van der Waals surface area (Å²) in [4.78, 5) is 25.8. The Morgan fingerprint density at radius 1 is 0.667 bits per heavy atom. The molecule has 0 fully saturated rings. The molecule has 3 aromatic carbocycles. The van der Waals surface area contributed by atoms with E-state index in [4.69, 9.17) is 4.42 Å². The van der Waals surface area contributed by atoms with Crippen LogP contribution in [0.25, 0.3) is 45.1 Å². The van der Waals surface area contributed by atoms with Gasteiger partial charge in [-0.3, -0.25) is 20.2 Å². The highest BCUT2D eigenvalue weighted by Gasteiger charge is 2.26. The molecular weight excluding hydrogens is 498 g/mol. The fourth-order valence-electron chi connectivity index (χ4n) is 4.36. The smallest absolute Gasteiger partial charge is 0.347 e. The predicted octanol–water partition coefficient (Wildman–Crippen LogP) is 5.53. The van der Waals surface area contributed by atoms with Gasteiger partial charge in [-0.1, -0.05) is 18.2 Å². The first-order valence-electron chi connectivity index (χ1n) is 11.9. The summed E-state index contributed by atoms with van der Waals surface area (Å²) in [7, 11) is 0. The number of para-hydroxylation sites is 2. The van der Waals surface area contributed by atoms with E-state index in [0.29, 0.717) is 5.89 Å². The average molecular weight is 518 g/mol. The third kappa shape index (κ3) is 4.58. The molecule has 0 radical (unpaired) electrons. The molecule has 0 spiro atoms. The number of nitro benzene ring substituents is 2. The summed E-state index contributed by atoms with van der Waals surface area (Å²) in [5.74, 6) is 0.557. The molecule has 10 nitrogen and oxygen atoms in total. The number of rotatable bonds is 6. The van der Waals surface area contributed by atoms with Crippen molar-refractivity contribution in [3.8, 4) is 34.0 Å². The van der Waals surface area contributed by atoms with Gasteiger partial charge in [-0.25, -0.2) is 4.98 Å². The minimum Gasteiger partial charge on any atom is -0.436 e. The van der Waals surface area contributed by atoms with E-state index in [2.05, 4.69) is 4.98 Å². The Bertz CT molecular complexity index is 1830. The van der Waals surface area contributed by atoms with Gasteiger partial charge < -0.3 is 4.42 Å². The minimum atomic E-state index is -0.655. The molecule has 0 amide bonds. The monoisotopic (exact) mass is 517 g/mol. The van der Waals surface area contributed by atoms with Crippen LogP contribution in [0.15, 0.2) is 120 Å². The van der Waals surface area contributed by atoms with Gasteiger partial charge in [0.25, 0.3) is 11.4 Å². The SMILES string of the molecule is O=[N+]([O-])c1ccc(-[n+]2ccc(-c3cc[n+](-c4cccc(-c5nc6ccccc6o5)c4)cc3)cc2)c([N+](=O)[O-])c1. The van der Waals surface area contributed by atoms with Gasteiger partial charge >= 0.3 is 5.69 Å². The van der Waals surface area contributed by atoms with E-state index in [1.165, 1.54) is 12.1 Å². The van der Waals surface area contributed by atoms with Crippen molar-refractivity contribution >= 4 is 22.5 Å². The molecule has 0 aliphatic heterocycles. The summed E-state index contributed by atoms with van der Waals surface area (Å²) in [6.07, 6.45) is 7.27. The molecule has 0 saturated heterocycles. The van der Waals surface area contributed by atoms with Crippen LogP contribution < -0.4 is 9.13 Å². The number of non-ortho nitro benzene ring substituents is 1. The number of hydrogen-bond donors (Lipinski definition) is 0. The highest BCUT2D eigenvalue weighted by Crippen LogP contribution is 2.26. The molecule has 0 N–H and O–H groups in total. The lowest BCUT2D eigenvalue weighted by atomic mass is 10.1. The van der Waals surface area contributed by atoms with Crippen molar-refractivity contribution < 1.29 is 23.4 Å². The van der Waals surface area contributed by atoms with Gasteiger partial charge in [0.05, 0.1) is 9.85 Å². The summed E-state index contributed by atoms with van der Waals surface area (Å²) < 4.78 is 9.46. The lowest BCUT2D eigenvalue weighted by molar-refractivity contribution is -0.600. The van der Waals surface area contributed by atoms with Gasteiger partial charge in [-0.2, -0.15) is 9.13 Å². The molecule has 0 aliphatic rings. The van der Waals surface area contributed by atoms with Crippen LogP contribution in [-0.4, -0.2) is 14.8 Å². The topological polar surface area (TPSA) is 120 Å². The lowest BCUT2D eigenvalue weighted by Gasteiger charge is -2.02. The van der Waals surface area contributed by atoms with E-state index in [9.17, 15) is 20.2 Å². The lowest BCUT2D eigenvalue weighted by Crippen LogP contribution is -2.30. The number of hydrogen-bond acceptors (Lipinski definition) is 6. The first-order chi connectivity index (χ1) is 19.0. The first-order valence-corrected chi connectivity index (χ1v) is 11.9. The largest absolute Gasteiger partial charge is 0.436 e. The highest BCUT2D eigenvalue weighted by molar-refractivity contribution is 5.76. The third-order valence-electron chi connectivity index (χ3n) is 6.32. The van der Waals surface area contributed by atoms with E-state index in [0.717, 1.165) is 39.5 Å². The van der Waals surface area contributed by atoms with Crippen molar-refractivity contribution in [2.24, 2.45) is 0 Å². The summed E-state index contributed by atoms with van der Waals surface area (Å²) in [6, 6.07) is 26.7. The molecule has 188 valence electrons. The van der Waals surface area contributed by atoms with E-state index in [1.54, 1.807) is 17.0 Å². The molecule has 3 heterocycles. The zero-order valence-electron chi connectivity index (χ0n) is 20.2. The van der Waals surface area contributed by atoms with Crippen LogP contribution in [0.3, 0.4) is 0 Å². The Kier molecular flexibility index (Phi) is 5.81. The zero-order chi connectivity index (χ0) is 26.9. The number of aromatic nitrogens is 3. The second-order valence-electron chi connectivity index (χ2n) is 8.71. The molecule has 6 aromatic rings. The molecule has 0 bridgehead atoms. The summed E-state index contributed by atoms with van der Waals surface area (Å²) in [5.41, 5.74) is 4.77.